The summed E-state index contributed by atoms with van der Waals surface area (Å²) < 4.78 is 19.7. The van der Waals surface area contributed by atoms with Crippen molar-refractivity contribution >= 4 is 27.8 Å². The van der Waals surface area contributed by atoms with Crippen molar-refractivity contribution in [2.45, 2.75) is 30.2 Å². The van der Waals surface area contributed by atoms with Crippen molar-refractivity contribution in [3.63, 3.8) is 0 Å². The van der Waals surface area contributed by atoms with Gasteiger partial charge in [-0.2, -0.15) is 0 Å². The summed E-state index contributed by atoms with van der Waals surface area (Å²) >= 11 is 0. The van der Waals surface area contributed by atoms with Crippen molar-refractivity contribution in [2.24, 2.45) is 5.92 Å². The molecule has 0 saturated carbocycles. The smallest absolute Gasteiger partial charge is 0.418 e. The minimum Gasteiger partial charge on any atom is -0.452 e. The zero-order valence-corrected chi connectivity index (χ0v) is 17.9. The van der Waals surface area contributed by atoms with Gasteiger partial charge in [-0.15, -0.1) is 0 Å². The number of benzene rings is 2. The number of hydrogen-bond donors (Lipinski definition) is 0. The number of hydrogen-bond acceptors (Lipinski definition) is 4. The molecule has 1 aliphatic carbocycles. The van der Waals surface area contributed by atoms with Crippen molar-refractivity contribution in [1.29, 1.82) is 0 Å². The molecule has 1 saturated heterocycles. The lowest BCUT2D eigenvalue weighted by Crippen LogP contribution is -2.42. The van der Waals surface area contributed by atoms with Gasteiger partial charge in [0.05, 0.1) is 23.4 Å². The normalized spacial score (nSPS) is 21.9. The third kappa shape index (κ3) is 3.28. The van der Waals surface area contributed by atoms with Gasteiger partial charge in [0, 0.05) is 34.3 Å². The summed E-state index contributed by atoms with van der Waals surface area (Å²) in [6, 6.07) is 18.1. The van der Waals surface area contributed by atoms with Gasteiger partial charge in [-0.1, -0.05) is 36.4 Å². The molecule has 2 heterocycles. The van der Waals surface area contributed by atoms with Crippen LogP contribution in [-0.4, -0.2) is 45.7 Å². The van der Waals surface area contributed by atoms with E-state index in [0.717, 1.165) is 53.8 Å². The van der Waals surface area contributed by atoms with E-state index < -0.39 is 10.8 Å². The van der Waals surface area contributed by atoms with Gasteiger partial charge in [-0.05, 0) is 55.5 Å². The van der Waals surface area contributed by atoms with Crippen LogP contribution in [0.15, 0.2) is 59.5 Å². The molecule has 3 aromatic rings. The van der Waals surface area contributed by atoms with Gasteiger partial charge in [0.2, 0.25) is 0 Å². The number of methoxy groups -OCH3 is 1. The molecule has 1 unspecified atom stereocenters. The number of ether oxygens (including phenoxy) is 1. The maximum atomic E-state index is 12.8. The van der Waals surface area contributed by atoms with Crippen LogP contribution in [0.5, 0.6) is 0 Å². The number of carbonyl (C=O) groups excluding carboxylic acids is 1. The van der Waals surface area contributed by atoms with Crippen molar-refractivity contribution < 1.29 is 13.7 Å². The van der Waals surface area contributed by atoms with E-state index >= 15 is 0 Å². The van der Waals surface area contributed by atoms with Crippen molar-refractivity contribution in [1.82, 2.24) is 9.47 Å². The standard InChI is InChI=1S/C24H26N2O3S/c1-29-24(27)26-20-10-6-5-9-19(20)23-21-15-17(16-22(23)26)11-12-25(21)13-14-30(28)18-7-3-2-4-8-18/h2-10,17,21H,11-16H2,1H3/t17-,21+,30?/m0/s1. The molecule has 156 valence electrons. The minimum atomic E-state index is -1.00. The predicted molar refractivity (Wildman–Crippen MR) is 118 cm³/mol. The van der Waals surface area contributed by atoms with Gasteiger partial charge >= 0.3 is 6.09 Å². The summed E-state index contributed by atoms with van der Waals surface area (Å²) in [6.07, 6.45) is 2.81. The van der Waals surface area contributed by atoms with Gasteiger partial charge in [0.25, 0.3) is 0 Å². The number of rotatable bonds is 4. The van der Waals surface area contributed by atoms with Gasteiger partial charge < -0.3 is 4.74 Å². The fraction of sp³-hybridized carbons (Fsp3) is 0.375. The fourth-order valence-electron chi connectivity index (χ4n) is 5.19. The molecule has 0 spiro atoms. The molecule has 0 radical (unpaired) electrons. The van der Waals surface area contributed by atoms with E-state index in [4.69, 9.17) is 4.74 Å². The maximum Gasteiger partial charge on any atom is 0.418 e. The molecule has 5 rings (SSSR count). The second-order valence-electron chi connectivity index (χ2n) is 8.19. The number of carbonyl (C=O) groups is 1. The molecule has 1 aliphatic heterocycles. The van der Waals surface area contributed by atoms with Crippen molar-refractivity contribution in [2.75, 3.05) is 26.0 Å². The topological polar surface area (TPSA) is 51.5 Å². The first kappa shape index (κ1) is 19.5. The Hall–Kier alpha value is -2.44. The van der Waals surface area contributed by atoms with Crippen LogP contribution in [0.2, 0.25) is 0 Å². The second-order valence-corrected chi connectivity index (χ2v) is 9.76. The van der Waals surface area contributed by atoms with Crippen LogP contribution >= 0.6 is 0 Å². The van der Waals surface area contributed by atoms with E-state index in [9.17, 15) is 9.00 Å². The molecule has 2 aliphatic rings. The number of nitrogens with zero attached hydrogens (tertiary/aromatic N) is 2. The van der Waals surface area contributed by atoms with E-state index in [1.807, 2.05) is 48.5 Å². The summed E-state index contributed by atoms with van der Waals surface area (Å²) in [5, 5.41) is 1.14. The van der Waals surface area contributed by atoms with E-state index in [1.54, 1.807) is 4.57 Å². The molecule has 1 fully saturated rings. The van der Waals surface area contributed by atoms with Gasteiger partial charge in [0.1, 0.15) is 0 Å². The number of piperidine rings is 1. The maximum absolute atomic E-state index is 12.8. The number of aromatic nitrogens is 1. The van der Waals surface area contributed by atoms with Crippen LogP contribution < -0.4 is 0 Å². The highest BCUT2D eigenvalue weighted by Crippen LogP contribution is 2.46. The molecular formula is C24H26N2O3S. The van der Waals surface area contributed by atoms with E-state index in [2.05, 4.69) is 11.0 Å². The quantitative estimate of drug-likeness (QED) is 0.626. The average Bonchev–Trinajstić information content (AvgIpc) is 3.12. The van der Waals surface area contributed by atoms with Crippen LogP contribution in [0, 0.1) is 5.92 Å². The van der Waals surface area contributed by atoms with Crippen molar-refractivity contribution in [3.05, 3.63) is 65.9 Å². The van der Waals surface area contributed by atoms with Gasteiger partial charge in [-0.25, -0.2) is 9.36 Å². The molecule has 2 bridgehead atoms. The van der Waals surface area contributed by atoms with Crippen LogP contribution in [0.1, 0.15) is 30.1 Å². The highest BCUT2D eigenvalue weighted by atomic mass is 32.2. The first-order valence-corrected chi connectivity index (χ1v) is 11.9. The van der Waals surface area contributed by atoms with Crippen LogP contribution in [-0.2, 0) is 22.0 Å². The Morgan fingerprint density at radius 1 is 1.13 bits per heavy atom. The van der Waals surface area contributed by atoms with Crippen LogP contribution in [0.4, 0.5) is 4.79 Å². The molecule has 0 N–H and O–H groups in total. The number of fused-ring (bicyclic) bond motifs is 6. The Kier molecular flexibility index (Phi) is 5.21. The zero-order valence-electron chi connectivity index (χ0n) is 17.1. The molecule has 0 amide bonds. The van der Waals surface area contributed by atoms with E-state index in [-0.39, 0.29) is 12.1 Å². The van der Waals surface area contributed by atoms with E-state index in [0.29, 0.717) is 11.7 Å². The zero-order chi connectivity index (χ0) is 20.7. The van der Waals surface area contributed by atoms with Gasteiger partial charge in [0.15, 0.2) is 0 Å². The summed E-state index contributed by atoms with van der Waals surface area (Å²) in [6.45, 7) is 1.80. The molecule has 1 aromatic heterocycles. The lowest BCUT2D eigenvalue weighted by molar-refractivity contribution is 0.106. The monoisotopic (exact) mass is 422 g/mol. The first-order chi connectivity index (χ1) is 14.7. The lowest BCUT2D eigenvalue weighted by atomic mass is 9.77. The Bertz CT molecular complexity index is 1110. The van der Waals surface area contributed by atoms with Crippen molar-refractivity contribution in [3.8, 4) is 0 Å². The third-order valence-corrected chi connectivity index (χ3v) is 7.93. The Balaban J connectivity index is 1.48. The van der Waals surface area contributed by atoms with E-state index in [1.165, 1.54) is 12.7 Å². The largest absolute Gasteiger partial charge is 0.452 e. The summed E-state index contributed by atoms with van der Waals surface area (Å²) in [4.78, 5) is 16.0. The van der Waals surface area contributed by atoms with Crippen LogP contribution in [0.3, 0.4) is 0 Å². The number of likely N-dealkylation sites (tertiary alicyclic amines) is 1. The fourth-order valence-corrected chi connectivity index (χ4v) is 6.29. The molecule has 6 heteroatoms. The Morgan fingerprint density at radius 2 is 1.90 bits per heavy atom. The third-order valence-electron chi connectivity index (χ3n) is 6.58. The first-order valence-electron chi connectivity index (χ1n) is 10.6. The lowest BCUT2D eigenvalue weighted by Gasteiger charge is -2.43. The summed E-state index contributed by atoms with van der Waals surface area (Å²) in [5.41, 5.74) is 3.28. The predicted octanol–water partition coefficient (Wildman–Crippen LogP) is 4.37. The highest BCUT2D eigenvalue weighted by molar-refractivity contribution is 7.85. The molecule has 5 nitrogen and oxygen atoms in total. The minimum absolute atomic E-state index is 0.260. The van der Waals surface area contributed by atoms with Crippen LogP contribution in [0.25, 0.3) is 10.9 Å². The molecule has 2 aromatic carbocycles. The van der Waals surface area contributed by atoms with Gasteiger partial charge in [-0.3, -0.25) is 9.11 Å². The number of para-hydroxylation sites is 1. The second kappa shape index (κ2) is 8.00. The SMILES string of the molecule is COC(=O)n1c2c(c3ccccc31)[C@H]1C[C@H](CCN1CCS(=O)c1ccccc1)C2. The highest BCUT2D eigenvalue weighted by Gasteiger charge is 2.39. The Labute approximate surface area is 179 Å². The summed E-state index contributed by atoms with van der Waals surface area (Å²) in [7, 11) is 0.441. The molecule has 3 atom stereocenters. The molecular weight excluding hydrogens is 396 g/mol. The molecule has 30 heavy (non-hydrogen) atoms. The Morgan fingerprint density at radius 3 is 2.70 bits per heavy atom. The average molecular weight is 423 g/mol. The summed E-state index contributed by atoms with van der Waals surface area (Å²) in [5.74, 6) is 1.20.